The molecule has 5 heteroatoms. The molecule has 0 aliphatic heterocycles. The molecule has 0 amide bonds. The number of furan rings is 1. The first kappa shape index (κ1) is 11.5. The number of hydrogen-bond donors (Lipinski definition) is 1. The van der Waals surface area contributed by atoms with Crippen molar-refractivity contribution >= 4 is 17.1 Å². The molecule has 0 bridgehead atoms. The maximum atomic E-state index is 11.1. The predicted octanol–water partition coefficient (Wildman–Crippen LogP) is 3.35. The summed E-state index contributed by atoms with van der Waals surface area (Å²) in [6.07, 6.45) is 2.29. The molecule has 0 fully saturated rings. The third-order valence-electron chi connectivity index (χ3n) is 2.94. The number of aryl methyl sites for hydroxylation is 1. The highest BCUT2D eigenvalue weighted by molar-refractivity contribution is 6.00. The van der Waals surface area contributed by atoms with Crippen LogP contribution in [-0.4, -0.2) is 16.1 Å². The normalized spacial score (nSPS) is 11.0. The molecule has 3 aromatic rings. The number of carboxylic acid groups (broad SMARTS) is 1. The van der Waals surface area contributed by atoms with Gasteiger partial charge in [-0.2, -0.15) is 0 Å². The van der Waals surface area contributed by atoms with E-state index in [1.165, 1.54) is 6.07 Å². The lowest BCUT2D eigenvalue weighted by Gasteiger charge is -1.94. The third kappa shape index (κ3) is 1.79. The second kappa shape index (κ2) is 4.28. The molecule has 0 atom stereocenters. The number of benzene rings is 1. The number of aromatic nitrogens is 1. The molecule has 0 saturated heterocycles. The molecule has 0 saturated carbocycles. The zero-order chi connectivity index (χ0) is 13.4. The Hall–Kier alpha value is -2.56. The second-order valence-electron chi connectivity index (χ2n) is 4.09. The Morgan fingerprint density at radius 2 is 2.21 bits per heavy atom. The zero-order valence-corrected chi connectivity index (χ0v) is 10.2. The quantitative estimate of drug-likeness (QED) is 0.778. The molecule has 19 heavy (non-hydrogen) atoms. The molecule has 1 aromatic carbocycles. The van der Waals surface area contributed by atoms with Gasteiger partial charge in [0.15, 0.2) is 5.58 Å². The fourth-order valence-corrected chi connectivity index (χ4v) is 2.04. The summed E-state index contributed by atoms with van der Waals surface area (Å²) >= 11 is 0. The van der Waals surface area contributed by atoms with Gasteiger partial charge in [-0.05, 0) is 18.2 Å². The molecule has 3 rings (SSSR count). The van der Waals surface area contributed by atoms with E-state index >= 15 is 0 Å². The number of hydrogen-bond acceptors (Lipinski definition) is 4. The Morgan fingerprint density at radius 1 is 1.37 bits per heavy atom. The van der Waals surface area contributed by atoms with Gasteiger partial charge < -0.3 is 13.9 Å². The predicted molar refractivity (Wildman–Crippen MR) is 68.0 cm³/mol. The van der Waals surface area contributed by atoms with Crippen molar-refractivity contribution < 1.29 is 18.7 Å². The van der Waals surface area contributed by atoms with Gasteiger partial charge >= 0.3 is 5.97 Å². The largest absolute Gasteiger partial charge is 0.478 e. The van der Waals surface area contributed by atoms with Crippen LogP contribution in [0.25, 0.3) is 22.6 Å². The van der Waals surface area contributed by atoms with Crippen LogP contribution in [0.2, 0.25) is 0 Å². The lowest BCUT2D eigenvalue weighted by Crippen LogP contribution is -1.95. The maximum absolute atomic E-state index is 11.1. The van der Waals surface area contributed by atoms with Crippen molar-refractivity contribution in [1.82, 2.24) is 4.98 Å². The molecule has 5 nitrogen and oxygen atoms in total. The Morgan fingerprint density at radius 3 is 2.95 bits per heavy atom. The minimum Gasteiger partial charge on any atom is -0.478 e. The standard InChI is InChI=1S/C14H11NO4/c1-2-11-8(6-7-18-11)13-15-10-5-3-4-9(14(16)17)12(10)19-13/h3-7H,2H2,1H3,(H,16,17). The van der Waals surface area contributed by atoms with Crippen LogP contribution in [0.5, 0.6) is 0 Å². The van der Waals surface area contributed by atoms with Gasteiger partial charge in [0.2, 0.25) is 5.89 Å². The smallest absolute Gasteiger partial charge is 0.339 e. The van der Waals surface area contributed by atoms with E-state index < -0.39 is 5.97 Å². The van der Waals surface area contributed by atoms with E-state index in [4.69, 9.17) is 13.9 Å². The van der Waals surface area contributed by atoms with E-state index in [1.807, 2.05) is 6.92 Å². The molecule has 1 N–H and O–H groups in total. The third-order valence-corrected chi connectivity index (χ3v) is 2.94. The van der Waals surface area contributed by atoms with E-state index in [2.05, 4.69) is 4.98 Å². The van der Waals surface area contributed by atoms with Crippen molar-refractivity contribution in [3.8, 4) is 11.5 Å². The maximum Gasteiger partial charge on any atom is 0.339 e. The number of fused-ring (bicyclic) bond motifs is 1. The van der Waals surface area contributed by atoms with Crippen LogP contribution in [0.15, 0.2) is 39.4 Å². The molecule has 2 heterocycles. The lowest BCUT2D eigenvalue weighted by atomic mass is 10.2. The summed E-state index contributed by atoms with van der Waals surface area (Å²) in [5, 5.41) is 9.12. The first-order valence-corrected chi connectivity index (χ1v) is 5.90. The van der Waals surface area contributed by atoms with Gasteiger partial charge in [-0.1, -0.05) is 13.0 Å². The molecule has 96 valence electrons. The number of aromatic carboxylic acids is 1. The van der Waals surface area contributed by atoms with Crippen LogP contribution in [0.3, 0.4) is 0 Å². The highest BCUT2D eigenvalue weighted by atomic mass is 16.4. The van der Waals surface area contributed by atoms with Crippen LogP contribution in [0, 0.1) is 0 Å². The minimum atomic E-state index is -1.03. The lowest BCUT2D eigenvalue weighted by molar-refractivity contribution is 0.0698. The van der Waals surface area contributed by atoms with Crippen molar-refractivity contribution in [3.05, 3.63) is 41.9 Å². The molecular formula is C14H11NO4. The van der Waals surface area contributed by atoms with Gasteiger partial charge in [-0.3, -0.25) is 0 Å². The average molecular weight is 257 g/mol. The van der Waals surface area contributed by atoms with Crippen molar-refractivity contribution in [2.75, 3.05) is 0 Å². The Kier molecular flexibility index (Phi) is 2.59. The summed E-state index contributed by atoms with van der Waals surface area (Å²) < 4.78 is 10.9. The molecule has 0 aliphatic rings. The Bertz CT molecular complexity index is 754. The highest BCUT2D eigenvalue weighted by Crippen LogP contribution is 2.29. The van der Waals surface area contributed by atoms with Gasteiger partial charge in [-0.25, -0.2) is 9.78 Å². The first-order valence-electron chi connectivity index (χ1n) is 5.90. The SMILES string of the molecule is CCc1occc1-c1nc2cccc(C(=O)O)c2o1. The Balaban J connectivity index is 2.22. The summed E-state index contributed by atoms with van der Waals surface area (Å²) in [6, 6.07) is 6.63. The average Bonchev–Trinajstić information content (AvgIpc) is 3.03. The van der Waals surface area contributed by atoms with Crippen molar-refractivity contribution in [2.45, 2.75) is 13.3 Å². The van der Waals surface area contributed by atoms with Gasteiger partial charge in [0, 0.05) is 6.42 Å². The first-order chi connectivity index (χ1) is 9.20. The van der Waals surface area contributed by atoms with Crippen molar-refractivity contribution in [3.63, 3.8) is 0 Å². The molecular weight excluding hydrogens is 246 g/mol. The van der Waals surface area contributed by atoms with E-state index in [0.29, 0.717) is 17.8 Å². The zero-order valence-electron chi connectivity index (χ0n) is 10.2. The summed E-state index contributed by atoms with van der Waals surface area (Å²) in [7, 11) is 0. The van der Waals surface area contributed by atoms with Crippen molar-refractivity contribution in [2.24, 2.45) is 0 Å². The molecule has 2 aromatic heterocycles. The van der Waals surface area contributed by atoms with Crippen LogP contribution in [0.4, 0.5) is 0 Å². The molecule has 0 aliphatic carbocycles. The number of carboxylic acids is 1. The molecule has 0 unspecified atom stereocenters. The van der Waals surface area contributed by atoms with Gasteiger partial charge in [0.25, 0.3) is 0 Å². The molecule has 0 radical (unpaired) electrons. The van der Waals surface area contributed by atoms with Crippen LogP contribution < -0.4 is 0 Å². The minimum absolute atomic E-state index is 0.109. The van der Waals surface area contributed by atoms with Crippen LogP contribution >= 0.6 is 0 Å². The van der Waals surface area contributed by atoms with Gasteiger partial charge in [0.1, 0.15) is 16.8 Å². The topological polar surface area (TPSA) is 76.5 Å². The van der Waals surface area contributed by atoms with E-state index in [-0.39, 0.29) is 11.1 Å². The second-order valence-corrected chi connectivity index (χ2v) is 4.09. The van der Waals surface area contributed by atoms with Gasteiger partial charge in [-0.15, -0.1) is 0 Å². The number of nitrogens with zero attached hydrogens (tertiary/aromatic N) is 1. The number of oxazole rings is 1. The van der Waals surface area contributed by atoms with Gasteiger partial charge in [0.05, 0.1) is 11.8 Å². The number of rotatable bonds is 3. The highest BCUT2D eigenvalue weighted by Gasteiger charge is 2.18. The molecule has 0 spiro atoms. The fourth-order valence-electron chi connectivity index (χ4n) is 2.04. The Labute approximate surface area is 108 Å². The van der Waals surface area contributed by atoms with Crippen molar-refractivity contribution in [1.29, 1.82) is 0 Å². The number of carbonyl (C=O) groups is 1. The van der Waals surface area contributed by atoms with Crippen LogP contribution in [-0.2, 0) is 6.42 Å². The summed E-state index contributed by atoms with van der Waals surface area (Å²) in [6.45, 7) is 1.97. The summed E-state index contributed by atoms with van der Waals surface area (Å²) in [4.78, 5) is 15.4. The summed E-state index contributed by atoms with van der Waals surface area (Å²) in [5.74, 6) is 0.119. The van der Waals surface area contributed by atoms with Crippen LogP contribution in [0.1, 0.15) is 23.0 Å². The fraction of sp³-hybridized carbons (Fsp3) is 0.143. The monoisotopic (exact) mass is 257 g/mol. The van der Waals surface area contributed by atoms with E-state index in [9.17, 15) is 4.79 Å². The van der Waals surface area contributed by atoms with E-state index in [1.54, 1.807) is 24.5 Å². The van der Waals surface area contributed by atoms with E-state index in [0.717, 1.165) is 11.3 Å². The summed E-state index contributed by atoms with van der Waals surface area (Å²) in [5.41, 5.74) is 1.68. The number of para-hydroxylation sites is 1.